The second-order valence-corrected chi connectivity index (χ2v) is 8.45. The zero-order valence-electron chi connectivity index (χ0n) is 15.8. The van der Waals surface area contributed by atoms with Gasteiger partial charge >= 0.3 is 0 Å². The van der Waals surface area contributed by atoms with Crippen molar-refractivity contribution in [2.75, 3.05) is 26.2 Å². The molecule has 8 nitrogen and oxygen atoms in total. The summed E-state index contributed by atoms with van der Waals surface area (Å²) in [5.74, 6) is 0.00325. The number of fused-ring (bicyclic) bond motifs is 3. The van der Waals surface area contributed by atoms with Gasteiger partial charge in [-0.2, -0.15) is 0 Å². The second kappa shape index (κ2) is 7.14. The summed E-state index contributed by atoms with van der Waals surface area (Å²) in [5.41, 5.74) is 0.990. The van der Waals surface area contributed by atoms with E-state index >= 15 is 0 Å². The van der Waals surface area contributed by atoms with Crippen LogP contribution in [0.25, 0.3) is 10.2 Å². The van der Waals surface area contributed by atoms with Crippen LogP contribution in [0.5, 0.6) is 0 Å². The van der Waals surface area contributed by atoms with E-state index in [1.807, 2.05) is 0 Å². The number of aryl methyl sites for hydroxylation is 2. The summed E-state index contributed by atoms with van der Waals surface area (Å²) in [6, 6.07) is 3.31. The van der Waals surface area contributed by atoms with Gasteiger partial charge in [0.15, 0.2) is 5.76 Å². The lowest BCUT2D eigenvalue weighted by Crippen LogP contribution is -2.51. The maximum absolute atomic E-state index is 12.9. The number of hydrogen-bond donors (Lipinski definition) is 0. The van der Waals surface area contributed by atoms with Crippen molar-refractivity contribution < 1.29 is 14.0 Å². The molecule has 5 rings (SSSR count). The molecule has 0 unspecified atom stereocenters. The highest BCUT2D eigenvalue weighted by Crippen LogP contribution is 2.34. The van der Waals surface area contributed by atoms with Crippen molar-refractivity contribution in [3.63, 3.8) is 0 Å². The maximum atomic E-state index is 12.9. The van der Waals surface area contributed by atoms with Crippen LogP contribution >= 0.6 is 11.3 Å². The third-order valence-corrected chi connectivity index (χ3v) is 6.85. The molecule has 0 bridgehead atoms. The van der Waals surface area contributed by atoms with Crippen LogP contribution in [0.3, 0.4) is 0 Å². The Morgan fingerprint density at radius 1 is 1.14 bits per heavy atom. The normalized spacial score (nSPS) is 16.4. The number of amides is 2. The van der Waals surface area contributed by atoms with E-state index in [0.29, 0.717) is 37.3 Å². The SMILES string of the molecule is O=C(Cn1cnc2sc3c(c2c1=O)CCC3)N1CCN(C(=O)c2ccco2)CC1. The zero-order valence-corrected chi connectivity index (χ0v) is 16.6. The first-order valence-electron chi connectivity index (χ1n) is 9.72. The molecule has 0 spiro atoms. The van der Waals surface area contributed by atoms with E-state index < -0.39 is 0 Å². The fourth-order valence-electron chi connectivity index (χ4n) is 4.09. The molecule has 0 N–H and O–H groups in total. The number of rotatable bonds is 3. The second-order valence-electron chi connectivity index (χ2n) is 7.37. The van der Waals surface area contributed by atoms with Gasteiger partial charge in [-0.1, -0.05) is 0 Å². The van der Waals surface area contributed by atoms with Gasteiger partial charge in [-0.25, -0.2) is 4.98 Å². The van der Waals surface area contributed by atoms with Crippen molar-refractivity contribution in [1.82, 2.24) is 19.4 Å². The number of nitrogens with zero attached hydrogens (tertiary/aromatic N) is 4. The summed E-state index contributed by atoms with van der Waals surface area (Å²) in [4.78, 5) is 47.8. The summed E-state index contributed by atoms with van der Waals surface area (Å²) in [5, 5.41) is 0.687. The molecule has 2 aliphatic rings. The maximum Gasteiger partial charge on any atom is 0.289 e. The molecule has 2 amide bonds. The third kappa shape index (κ3) is 3.15. The van der Waals surface area contributed by atoms with Gasteiger partial charge in [0.05, 0.1) is 18.0 Å². The Bertz CT molecular complexity index is 1140. The van der Waals surface area contributed by atoms with Gasteiger partial charge in [-0.3, -0.25) is 19.0 Å². The van der Waals surface area contributed by atoms with Crippen LogP contribution in [0.15, 0.2) is 33.9 Å². The highest BCUT2D eigenvalue weighted by Gasteiger charge is 2.27. The lowest BCUT2D eigenvalue weighted by Gasteiger charge is -2.34. The average molecular weight is 412 g/mol. The van der Waals surface area contributed by atoms with Crippen LogP contribution in [-0.4, -0.2) is 57.3 Å². The molecule has 150 valence electrons. The summed E-state index contributed by atoms with van der Waals surface area (Å²) in [7, 11) is 0. The van der Waals surface area contributed by atoms with E-state index in [1.54, 1.807) is 33.3 Å². The number of carbonyl (C=O) groups excluding carboxylic acids is 2. The van der Waals surface area contributed by atoms with Crippen LogP contribution in [0.4, 0.5) is 0 Å². The standard InChI is InChI=1S/C20H20N4O4S/c25-16(22-6-8-23(9-7-22)19(26)14-4-2-10-28-14)11-24-12-21-18-17(20(24)27)13-3-1-5-15(13)29-18/h2,4,10,12H,1,3,5-9,11H2. The molecular weight excluding hydrogens is 392 g/mol. The quantitative estimate of drug-likeness (QED) is 0.651. The number of hydrogen-bond acceptors (Lipinski definition) is 6. The lowest BCUT2D eigenvalue weighted by atomic mass is 10.2. The smallest absolute Gasteiger partial charge is 0.289 e. The Hall–Kier alpha value is -2.94. The molecule has 0 saturated carbocycles. The van der Waals surface area contributed by atoms with Gasteiger partial charge in [0, 0.05) is 31.1 Å². The fraction of sp³-hybridized carbons (Fsp3) is 0.400. The largest absolute Gasteiger partial charge is 0.459 e. The van der Waals surface area contributed by atoms with Gasteiger partial charge < -0.3 is 14.2 Å². The zero-order chi connectivity index (χ0) is 20.0. The number of piperazine rings is 1. The Balaban J connectivity index is 1.27. The van der Waals surface area contributed by atoms with Gasteiger partial charge in [0.25, 0.3) is 11.5 Å². The third-order valence-electron chi connectivity index (χ3n) is 5.65. The first-order chi connectivity index (χ1) is 14.1. The highest BCUT2D eigenvalue weighted by molar-refractivity contribution is 7.18. The minimum Gasteiger partial charge on any atom is -0.459 e. The van der Waals surface area contributed by atoms with E-state index in [-0.39, 0.29) is 23.9 Å². The van der Waals surface area contributed by atoms with Crippen LogP contribution in [0.1, 0.15) is 27.4 Å². The van der Waals surface area contributed by atoms with Gasteiger partial charge in [0.1, 0.15) is 11.4 Å². The molecule has 4 heterocycles. The Labute approximate surface area is 170 Å². The Kier molecular flexibility index (Phi) is 4.46. The Morgan fingerprint density at radius 3 is 2.69 bits per heavy atom. The number of furan rings is 1. The van der Waals surface area contributed by atoms with Crippen molar-refractivity contribution in [2.45, 2.75) is 25.8 Å². The summed E-state index contributed by atoms with van der Waals surface area (Å²) in [6.45, 7) is 1.72. The molecule has 9 heteroatoms. The molecule has 0 aromatic carbocycles. The Morgan fingerprint density at radius 2 is 1.93 bits per heavy atom. The van der Waals surface area contributed by atoms with Gasteiger partial charge in [0.2, 0.25) is 5.91 Å². The molecule has 3 aromatic rings. The molecule has 29 heavy (non-hydrogen) atoms. The van der Waals surface area contributed by atoms with Crippen LogP contribution in [0, 0.1) is 0 Å². The fourth-order valence-corrected chi connectivity index (χ4v) is 5.31. The minimum atomic E-state index is -0.167. The first-order valence-corrected chi connectivity index (χ1v) is 10.5. The summed E-state index contributed by atoms with van der Waals surface area (Å²) < 4.78 is 6.57. The van der Waals surface area contributed by atoms with E-state index in [4.69, 9.17) is 4.42 Å². The predicted octanol–water partition coefficient (Wildman–Crippen LogP) is 1.52. The molecule has 0 radical (unpaired) electrons. The van der Waals surface area contributed by atoms with Crippen LogP contribution in [0.2, 0.25) is 0 Å². The van der Waals surface area contributed by atoms with Gasteiger partial charge in [-0.05, 0) is 37.0 Å². The van der Waals surface area contributed by atoms with E-state index in [0.717, 1.165) is 29.7 Å². The van der Waals surface area contributed by atoms with Crippen molar-refractivity contribution in [3.05, 3.63) is 51.3 Å². The molecular formula is C20H20N4O4S. The van der Waals surface area contributed by atoms with Crippen molar-refractivity contribution in [1.29, 1.82) is 0 Å². The van der Waals surface area contributed by atoms with E-state index in [2.05, 4.69) is 4.98 Å². The molecule has 1 aliphatic heterocycles. The monoisotopic (exact) mass is 412 g/mol. The average Bonchev–Trinajstić information content (AvgIpc) is 3.47. The lowest BCUT2D eigenvalue weighted by molar-refractivity contribution is -0.133. The van der Waals surface area contributed by atoms with E-state index in [1.165, 1.54) is 22.0 Å². The number of thiophene rings is 1. The predicted molar refractivity (Wildman–Crippen MR) is 107 cm³/mol. The topological polar surface area (TPSA) is 88.7 Å². The van der Waals surface area contributed by atoms with E-state index in [9.17, 15) is 14.4 Å². The summed E-state index contributed by atoms with van der Waals surface area (Å²) >= 11 is 1.59. The molecule has 1 fully saturated rings. The molecule has 0 atom stereocenters. The van der Waals surface area contributed by atoms with Gasteiger partial charge in [-0.15, -0.1) is 11.3 Å². The minimum absolute atomic E-state index is 0.0292. The molecule has 1 saturated heterocycles. The van der Waals surface area contributed by atoms with Crippen LogP contribution < -0.4 is 5.56 Å². The summed E-state index contributed by atoms with van der Waals surface area (Å²) in [6.07, 6.45) is 5.94. The first kappa shape index (κ1) is 18.1. The van der Waals surface area contributed by atoms with Crippen LogP contribution in [-0.2, 0) is 24.2 Å². The number of aromatic nitrogens is 2. The van der Waals surface area contributed by atoms with Crippen molar-refractivity contribution in [3.8, 4) is 0 Å². The molecule has 1 aliphatic carbocycles. The highest BCUT2D eigenvalue weighted by atomic mass is 32.1. The van der Waals surface area contributed by atoms with Crippen molar-refractivity contribution >= 4 is 33.4 Å². The molecule has 3 aromatic heterocycles. The van der Waals surface area contributed by atoms with Crippen molar-refractivity contribution in [2.24, 2.45) is 0 Å². The number of carbonyl (C=O) groups is 2.